The van der Waals surface area contributed by atoms with Crippen LogP contribution in [0.4, 0.5) is 11.4 Å². The molecular formula is C20H22Cl2N4OS. The van der Waals surface area contributed by atoms with Gasteiger partial charge in [-0.3, -0.25) is 9.78 Å². The molecule has 0 fully saturated rings. The van der Waals surface area contributed by atoms with Crippen molar-refractivity contribution in [2.45, 2.75) is 11.4 Å². The predicted molar refractivity (Wildman–Crippen MR) is 121 cm³/mol. The van der Waals surface area contributed by atoms with Crippen LogP contribution in [-0.2, 0) is 11.3 Å². The number of nitrogens with zero attached hydrogens (tertiary/aromatic N) is 1. The Morgan fingerprint density at radius 1 is 1.14 bits per heavy atom. The number of hydrogen-bond donors (Lipinski definition) is 4. The van der Waals surface area contributed by atoms with Gasteiger partial charge in [-0.25, -0.2) is 0 Å². The van der Waals surface area contributed by atoms with Crippen molar-refractivity contribution in [3.63, 3.8) is 0 Å². The van der Waals surface area contributed by atoms with Crippen molar-refractivity contribution in [3.8, 4) is 0 Å². The molecule has 0 bridgehead atoms. The third kappa shape index (κ3) is 10.1. The van der Waals surface area contributed by atoms with Gasteiger partial charge in [-0.05, 0) is 54.1 Å². The van der Waals surface area contributed by atoms with E-state index in [0.29, 0.717) is 27.9 Å². The number of hydrogen-bond acceptors (Lipinski definition) is 5. The van der Waals surface area contributed by atoms with Gasteiger partial charge in [0.25, 0.3) is 0 Å². The number of pyridine rings is 1. The van der Waals surface area contributed by atoms with Gasteiger partial charge in [0, 0.05) is 47.3 Å². The highest BCUT2D eigenvalue weighted by molar-refractivity contribution is 7.80. The molecule has 1 heterocycles. The summed E-state index contributed by atoms with van der Waals surface area (Å²) in [5.41, 5.74) is 8.35. The maximum Gasteiger partial charge on any atom is 0.207 e. The Balaban J connectivity index is 0.000000210. The number of rotatable bonds is 4. The van der Waals surface area contributed by atoms with E-state index in [0.717, 1.165) is 16.9 Å². The lowest BCUT2D eigenvalue weighted by Gasteiger charge is -1.97. The summed E-state index contributed by atoms with van der Waals surface area (Å²) in [5.74, 6) is 0. The largest absolute Gasteiger partial charge is 0.399 e. The molecule has 0 aliphatic heterocycles. The van der Waals surface area contributed by atoms with Crippen LogP contribution in [0.25, 0.3) is 0 Å². The molecule has 0 atom stereocenters. The molecule has 3 aromatic rings. The summed E-state index contributed by atoms with van der Waals surface area (Å²) >= 11 is 15.3. The molecule has 0 unspecified atom stereocenters. The highest BCUT2D eigenvalue weighted by Gasteiger charge is 1.93. The number of benzene rings is 2. The number of carbonyl (C=O) groups excluding carboxylic acids is 1. The minimum Gasteiger partial charge on any atom is -0.399 e. The molecular weight excluding hydrogens is 415 g/mol. The molecule has 0 aliphatic rings. The van der Waals surface area contributed by atoms with Crippen LogP contribution in [0, 0.1) is 0 Å². The molecule has 148 valence electrons. The number of amides is 1. The normalized spacial score (nSPS) is 9.14. The van der Waals surface area contributed by atoms with Gasteiger partial charge in [0.05, 0.1) is 5.02 Å². The highest BCUT2D eigenvalue weighted by atomic mass is 35.5. The third-order valence-electron chi connectivity index (χ3n) is 3.22. The lowest BCUT2D eigenvalue weighted by molar-refractivity contribution is -0.109. The number of halogens is 2. The molecule has 0 saturated heterocycles. The molecule has 28 heavy (non-hydrogen) atoms. The van der Waals surface area contributed by atoms with Gasteiger partial charge in [-0.15, -0.1) is 12.6 Å². The van der Waals surface area contributed by atoms with Gasteiger partial charge >= 0.3 is 0 Å². The van der Waals surface area contributed by atoms with Gasteiger partial charge in [0.15, 0.2) is 0 Å². The van der Waals surface area contributed by atoms with E-state index in [-0.39, 0.29) is 0 Å². The van der Waals surface area contributed by atoms with E-state index in [1.165, 1.54) is 0 Å². The van der Waals surface area contributed by atoms with Crippen molar-refractivity contribution < 1.29 is 4.79 Å². The zero-order valence-electron chi connectivity index (χ0n) is 15.3. The fourth-order valence-electron chi connectivity index (χ4n) is 1.80. The van der Waals surface area contributed by atoms with Crippen LogP contribution in [0.5, 0.6) is 0 Å². The van der Waals surface area contributed by atoms with Crippen LogP contribution in [0.1, 0.15) is 5.56 Å². The maximum atomic E-state index is 9.85. The third-order valence-corrected chi connectivity index (χ3v) is 4.29. The van der Waals surface area contributed by atoms with Crippen LogP contribution in [0.15, 0.2) is 71.9 Å². The summed E-state index contributed by atoms with van der Waals surface area (Å²) < 4.78 is 0. The van der Waals surface area contributed by atoms with E-state index < -0.39 is 0 Å². The predicted octanol–water partition coefficient (Wildman–Crippen LogP) is 4.92. The Hall–Kier alpha value is -2.41. The van der Waals surface area contributed by atoms with Crippen LogP contribution >= 0.6 is 35.8 Å². The molecule has 5 nitrogen and oxygen atoms in total. The van der Waals surface area contributed by atoms with Crippen molar-refractivity contribution in [3.05, 3.63) is 82.6 Å². The minimum absolute atomic E-state index is 0.553. The first-order valence-electron chi connectivity index (χ1n) is 8.19. The lowest BCUT2D eigenvalue weighted by Crippen LogP contribution is -2.09. The second-order valence-electron chi connectivity index (χ2n) is 5.33. The number of carbonyl (C=O) groups is 1. The first-order valence-corrected chi connectivity index (χ1v) is 9.39. The maximum absolute atomic E-state index is 9.85. The summed E-state index contributed by atoms with van der Waals surface area (Å²) in [6.45, 7) is 0.553. The number of thiol groups is 1. The van der Waals surface area contributed by atoms with E-state index >= 15 is 0 Å². The van der Waals surface area contributed by atoms with E-state index in [2.05, 4.69) is 28.2 Å². The van der Waals surface area contributed by atoms with E-state index in [4.69, 9.17) is 28.9 Å². The average molecular weight is 437 g/mol. The molecule has 1 amide bonds. The highest BCUT2D eigenvalue weighted by Crippen LogP contribution is 2.22. The molecule has 3 rings (SSSR count). The van der Waals surface area contributed by atoms with E-state index in [9.17, 15) is 4.79 Å². The Morgan fingerprint density at radius 2 is 1.86 bits per heavy atom. The molecule has 2 aromatic carbocycles. The Kier molecular flexibility index (Phi) is 11.6. The standard InChI is InChI=1S/C7H8N2O.C7H10N2.C6H4Cl2S/c10-6-9-5-7-2-1-3-8-4-7;1-9-7-4-2-6(8)3-5-7;7-4-1-2-5(8)6(9)3-4/h1-4,6H,5H2,(H,9,10);2-5,9H,8H2,1H3;1-3,9H. The van der Waals surface area contributed by atoms with Crippen molar-refractivity contribution in [2.75, 3.05) is 18.1 Å². The van der Waals surface area contributed by atoms with Gasteiger partial charge in [-0.2, -0.15) is 0 Å². The van der Waals surface area contributed by atoms with Gasteiger partial charge < -0.3 is 16.4 Å². The van der Waals surface area contributed by atoms with Crippen molar-refractivity contribution in [1.82, 2.24) is 10.3 Å². The van der Waals surface area contributed by atoms with Crippen LogP contribution in [0.3, 0.4) is 0 Å². The molecule has 1 aromatic heterocycles. The Labute approximate surface area is 180 Å². The van der Waals surface area contributed by atoms with E-state index in [1.54, 1.807) is 30.6 Å². The number of nitrogen functional groups attached to an aromatic ring is 1. The monoisotopic (exact) mass is 436 g/mol. The number of anilines is 2. The van der Waals surface area contributed by atoms with Crippen LogP contribution in [-0.4, -0.2) is 18.4 Å². The van der Waals surface area contributed by atoms with Crippen molar-refractivity contribution in [1.29, 1.82) is 0 Å². The fraction of sp³-hybridized carbons (Fsp3) is 0.100. The average Bonchev–Trinajstić information content (AvgIpc) is 2.72. The summed E-state index contributed by atoms with van der Waals surface area (Å²) in [7, 11) is 1.88. The summed E-state index contributed by atoms with van der Waals surface area (Å²) in [6, 6.07) is 16.5. The molecule has 0 spiro atoms. The molecule has 8 heteroatoms. The Bertz CT molecular complexity index is 833. The second-order valence-corrected chi connectivity index (χ2v) is 6.65. The van der Waals surface area contributed by atoms with Crippen molar-refractivity contribution >= 4 is 53.6 Å². The molecule has 0 saturated carbocycles. The molecule has 4 N–H and O–H groups in total. The summed E-state index contributed by atoms with van der Waals surface area (Å²) in [6.07, 6.45) is 4.09. The first kappa shape index (κ1) is 23.6. The topological polar surface area (TPSA) is 80.0 Å². The summed E-state index contributed by atoms with van der Waals surface area (Å²) in [5, 5.41) is 6.83. The molecule has 0 radical (unpaired) electrons. The lowest BCUT2D eigenvalue weighted by atomic mass is 10.3. The summed E-state index contributed by atoms with van der Waals surface area (Å²) in [4.78, 5) is 14.4. The van der Waals surface area contributed by atoms with Crippen LogP contribution < -0.4 is 16.4 Å². The fourth-order valence-corrected chi connectivity index (χ4v) is 2.38. The van der Waals surface area contributed by atoms with Gasteiger partial charge in [0.2, 0.25) is 6.41 Å². The second kappa shape index (κ2) is 13.7. The first-order chi connectivity index (χ1) is 13.5. The van der Waals surface area contributed by atoms with E-state index in [1.807, 2.05) is 43.4 Å². The molecule has 0 aliphatic carbocycles. The number of nitrogens with one attached hydrogen (secondary N) is 2. The van der Waals surface area contributed by atoms with Crippen LogP contribution in [0.2, 0.25) is 10.0 Å². The van der Waals surface area contributed by atoms with Crippen molar-refractivity contribution in [2.24, 2.45) is 0 Å². The van der Waals surface area contributed by atoms with Gasteiger partial charge in [-0.1, -0.05) is 29.3 Å². The number of aromatic nitrogens is 1. The zero-order valence-corrected chi connectivity index (χ0v) is 17.7. The minimum atomic E-state index is 0.553. The smallest absolute Gasteiger partial charge is 0.207 e. The quantitative estimate of drug-likeness (QED) is 0.265. The SMILES string of the molecule is CNc1ccc(N)cc1.O=CNCc1cccnc1.Sc1cc(Cl)ccc1Cl. The number of nitrogens with two attached hydrogens (primary N) is 1. The zero-order chi connectivity index (χ0) is 20.8. The Morgan fingerprint density at radius 3 is 2.36 bits per heavy atom. The van der Waals surface area contributed by atoms with Gasteiger partial charge in [0.1, 0.15) is 0 Å².